The van der Waals surface area contributed by atoms with Gasteiger partial charge in [0, 0.05) is 5.41 Å². The Bertz CT molecular complexity index is 451. The molecule has 4 heteroatoms. The summed E-state index contributed by atoms with van der Waals surface area (Å²) in [4.78, 5) is 24.4. The highest BCUT2D eigenvalue weighted by Gasteiger charge is 2.29. The fourth-order valence-electron chi connectivity index (χ4n) is 2.19. The molecule has 0 saturated heterocycles. The fraction of sp³-hybridized carbons (Fsp3) is 0.556. The molecular formula is C18H26O4. The van der Waals surface area contributed by atoms with E-state index >= 15 is 0 Å². The molecule has 0 heterocycles. The van der Waals surface area contributed by atoms with Gasteiger partial charge in [-0.2, -0.15) is 0 Å². The molecule has 0 aromatic rings. The Hall–Kier alpha value is -1.84. The Balaban J connectivity index is 3.03. The fourth-order valence-corrected chi connectivity index (χ4v) is 2.19. The number of hydrogen-bond acceptors (Lipinski definition) is 4. The minimum absolute atomic E-state index is 0.00343. The van der Waals surface area contributed by atoms with Gasteiger partial charge in [-0.25, -0.2) is 9.59 Å². The summed E-state index contributed by atoms with van der Waals surface area (Å²) in [5.74, 6) is -1.20. The maximum atomic E-state index is 12.2. The van der Waals surface area contributed by atoms with Crippen molar-refractivity contribution in [1.29, 1.82) is 0 Å². The van der Waals surface area contributed by atoms with Gasteiger partial charge in [-0.3, -0.25) is 0 Å². The van der Waals surface area contributed by atoms with Crippen LogP contribution in [0.5, 0.6) is 0 Å². The Morgan fingerprint density at radius 1 is 1.05 bits per heavy atom. The zero-order valence-electron chi connectivity index (χ0n) is 13.8. The summed E-state index contributed by atoms with van der Waals surface area (Å²) in [6, 6.07) is 0. The minimum Gasteiger partial charge on any atom is -0.462 e. The van der Waals surface area contributed by atoms with Crippen LogP contribution in [0.1, 0.15) is 46.5 Å². The van der Waals surface area contributed by atoms with Gasteiger partial charge >= 0.3 is 11.9 Å². The molecule has 0 aromatic carbocycles. The highest BCUT2D eigenvalue weighted by atomic mass is 16.6. The summed E-state index contributed by atoms with van der Waals surface area (Å²) >= 11 is 0. The van der Waals surface area contributed by atoms with E-state index in [4.69, 9.17) is 9.47 Å². The molecule has 0 saturated carbocycles. The van der Waals surface area contributed by atoms with Crippen molar-refractivity contribution >= 4 is 11.9 Å². The lowest BCUT2D eigenvalue weighted by atomic mass is 9.78. The van der Waals surface area contributed by atoms with Crippen molar-refractivity contribution in [1.82, 2.24) is 0 Å². The maximum Gasteiger partial charge on any atom is 0.345 e. The van der Waals surface area contributed by atoms with Crippen LogP contribution in [0.25, 0.3) is 0 Å². The predicted octanol–water partition coefficient (Wildman–Crippen LogP) is 3.73. The first-order chi connectivity index (χ1) is 10.6. The van der Waals surface area contributed by atoms with Gasteiger partial charge in [0.15, 0.2) is 0 Å². The number of allylic oxidation sites excluding steroid dienone is 5. The Kier molecular flexibility index (Phi) is 7.64. The van der Waals surface area contributed by atoms with E-state index in [2.05, 4.69) is 0 Å². The van der Waals surface area contributed by atoms with Crippen molar-refractivity contribution in [3.05, 3.63) is 36.0 Å². The lowest BCUT2D eigenvalue weighted by Crippen LogP contribution is -2.24. The molecular weight excluding hydrogens is 280 g/mol. The highest BCUT2D eigenvalue weighted by Crippen LogP contribution is 2.34. The monoisotopic (exact) mass is 306 g/mol. The zero-order valence-corrected chi connectivity index (χ0v) is 13.8. The van der Waals surface area contributed by atoms with Crippen LogP contribution in [-0.2, 0) is 19.1 Å². The molecule has 122 valence electrons. The summed E-state index contributed by atoms with van der Waals surface area (Å²) in [7, 11) is 0. The smallest absolute Gasteiger partial charge is 0.345 e. The molecule has 0 fully saturated rings. The van der Waals surface area contributed by atoms with Crippen molar-refractivity contribution in [2.75, 3.05) is 13.2 Å². The molecule has 1 aliphatic carbocycles. The number of rotatable bonds is 8. The van der Waals surface area contributed by atoms with Crippen molar-refractivity contribution in [2.24, 2.45) is 5.41 Å². The van der Waals surface area contributed by atoms with Crippen LogP contribution in [0.3, 0.4) is 0 Å². The van der Waals surface area contributed by atoms with Gasteiger partial charge in [0.1, 0.15) is 5.57 Å². The topological polar surface area (TPSA) is 52.6 Å². The van der Waals surface area contributed by atoms with E-state index in [1.807, 2.05) is 45.1 Å². The van der Waals surface area contributed by atoms with Gasteiger partial charge in [0.25, 0.3) is 0 Å². The molecule has 4 nitrogen and oxygen atoms in total. The third-order valence-corrected chi connectivity index (χ3v) is 3.58. The molecule has 1 aliphatic rings. The van der Waals surface area contributed by atoms with Gasteiger partial charge in [-0.05, 0) is 25.7 Å². The van der Waals surface area contributed by atoms with Gasteiger partial charge in [0.05, 0.1) is 13.2 Å². The van der Waals surface area contributed by atoms with Crippen molar-refractivity contribution in [3.8, 4) is 0 Å². The summed E-state index contributed by atoms with van der Waals surface area (Å²) in [5.41, 5.74) is -0.329. The van der Waals surface area contributed by atoms with E-state index in [0.717, 1.165) is 12.8 Å². The molecule has 1 atom stereocenters. The first-order valence-electron chi connectivity index (χ1n) is 8.00. The third kappa shape index (κ3) is 5.17. The van der Waals surface area contributed by atoms with Gasteiger partial charge in [-0.1, -0.05) is 51.2 Å². The normalized spacial score (nSPS) is 19.6. The number of ether oxygens (including phenoxy) is 2. The second-order valence-corrected chi connectivity index (χ2v) is 5.41. The lowest BCUT2D eigenvalue weighted by Gasteiger charge is -2.27. The predicted molar refractivity (Wildman–Crippen MR) is 86.2 cm³/mol. The Labute approximate surface area is 132 Å². The minimum atomic E-state index is -0.598. The van der Waals surface area contributed by atoms with Gasteiger partial charge in [0.2, 0.25) is 0 Å². The van der Waals surface area contributed by atoms with Gasteiger partial charge < -0.3 is 9.47 Å². The summed E-state index contributed by atoms with van der Waals surface area (Å²) in [5, 5.41) is 0. The number of hydrogen-bond donors (Lipinski definition) is 0. The second-order valence-electron chi connectivity index (χ2n) is 5.41. The highest BCUT2D eigenvalue weighted by molar-refractivity contribution is 6.14. The Morgan fingerprint density at radius 3 is 2.05 bits per heavy atom. The lowest BCUT2D eigenvalue weighted by molar-refractivity contribution is -0.147. The molecule has 22 heavy (non-hydrogen) atoms. The summed E-state index contributed by atoms with van der Waals surface area (Å²) < 4.78 is 10.3. The molecule has 0 N–H and O–H groups in total. The van der Waals surface area contributed by atoms with Crippen molar-refractivity contribution in [2.45, 2.75) is 46.5 Å². The van der Waals surface area contributed by atoms with Crippen LogP contribution in [0.2, 0.25) is 0 Å². The van der Waals surface area contributed by atoms with E-state index in [0.29, 0.717) is 26.1 Å². The average molecular weight is 306 g/mol. The Morgan fingerprint density at radius 2 is 1.64 bits per heavy atom. The van der Waals surface area contributed by atoms with Crippen molar-refractivity contribution < 1.29 is 19.1 Å². The molecule has 0 spiro atoms. The average Bonchev–Trinajstić information content (AvgIpc) is 2.56. The first-order valence-corrected chi connectivity index (χ1v) is 8.00. The van der Waals surface area contributed by atoms with Crippen LogP contribution in [0.4, 0.5) is 0 Å². The molecule has 0 aliphatic heterocycles. The third-order valence-electron chi connectivity index (χ3n) is 3.58. The van der Waals surface area contributed by atoms with Gasteiger partial charge in [-0.15, -0.1) is 0 Å². The van der Waals surface area contributed by atoms with E-state index in [1.54, 1.807) is 6.08 Å². The largest absolute Gasteiger partial charge is 0.462 e. The van der Waals surface area contributed by atoms with Crippen LogP contribution in [0, 0.1) is 5.41 Å². The van der Waals surface area contributed by atoms with E-state index in [-0.39, 0.29) is 11.0 Å². The SMILES string of the molecule is CCCOC(=O)C(=CC1(CC)C=CC=CC1)C(=O)OCCC. The van der Waals surface area contributed by atoms with E-state index in [1.165, 1.54) is 0 Å². The van der Waals surface area contributed by atoms with Crippen LogP contribution in [-0.4, -0.2) is 25.2 Å². The van der Waals surface area contributed by atoms with Crippen LogP contribution < -0.4 is 0 Å². The van der Waals surface area contributed by atoms with Crippen LogP contribution >= 0.6 is 0 Å². The number of esters is 2. The molecule has 1 unspecified atom stereocenters. The maximum absolute atomic E-state index is 12.2. The zero-order chi connectivity index (χ0) is 16.4. The van der Waals surface area contributed by atoms with Crippen molar-refractivity contribution in [3.63, 3.8) is 0 Å². The van der Waals surface area contributed by atoms with E-state index < -0.39 is 11.9 Å². The first kappa shape index (κ1) is 18.2. The molecule has 0 amide bonds. The standard InChI is InChI=1S/C18H26O4/c1-4-12-21-16(19)15(17(20)22-13-5-2)14-18(6-3)10-8-7-9-11-18/h7-10,14H,4-6,11-13H2,1-3H3. The summed E-state index contributed by atoms with van der Waals surface area (Å²) in [6.07, 6.45) is 12.6. The molecule has 0 bridgehead atoms. The molecule has 0 radical (unpaired) electrons. The number of carbonyl (C=O) groups is 2. The van der Waals surface area contributed by atoms with Crippen LogP contribution in [0.15, 0.2) is 36.0 Å². The summed E-state index contributed by atoms with van der Waals surface area (Å²) in [6.45, 7) is 6.45. The van der Waals surface area contributed by atoms with E-state index in [9.17, 15) is 9.59 Å². The quantitative estimate of drug-likeness (QED) is 0.297. The number of carbonyl (C=O) groups excluding carboxylic acids is 2. The molecule has 1 rings (SSSR count). The second kappa shape index (κ2) is 9.23. The molecule has 0 aromatic heterocycles.